The van der Waals surface area contributed by atoms with Crippen LogP contribution in [0.15, 0.2) is 53.7 Å². The van der Waals surface area contributed by atoms with Crippen LogP contribution < -0.4 is 5.32 Å². The van der Waals surface area contributed by atoms with Gasteiger partial charge in [0.1, 0.15) is 0 Å². The maximum Gasteiger partial charge on any atom is 0.269 e. The summed E-state index contributed by atoms with van der Waals surface area (Å²) in [4.78, 5) is 23.0. The van der Waals surface area contributed by atoms with Crippen LogP contribution in [0.3, 0.4) is 0 Å². The van der Waals surface area contributed by atoms with E-state index in [1.54, 1.807) is 18.2 Å². The molecular formula is C21H23N5O3S. The summed E-state index contributed by atoms with van der Waals surface area (Å²) in [5.41, 5.74) is 2.58. The molecule has 3 aromatic rings. The summed E-state index contributed by atoms with van der Waals surface area (Å²) in [5, 5.41) is 23.1. The summed E-state index contributed by atoms with van der Waals surface area (Å²) in [6.07, 6.45) is 0. The molecule has 0 saturated carbocycles. The van der Waals surface area contributed by atoms with Crippen molar-refractivity contribution < 1.29 is 9.72 Å². The van der Waals surface area contributed by atoms with Crippen molar-refractivity contribution in [3.05, 3.63) is 81.2 Å². The summed E-state index contributed by atoms with van der Waals surface area (Å²) in [6.45, 7) is 6.45. The molecule has 0 spiro atoms. The Morgan fingerprint density at radius 3 is 2.53 bits per heavy atom. The molecule has 0 aliphatic carbocycles. The number of aromatic nitrogens is 3. The number of hydrogen-bond acceptors (Lipinski definition) is 6. The van der Waals surface area contributed by atoms with Crippen LogP contribution in [0.5, 0.6) is 0 Å². The van der Waals surface area contributed by atoms with E-state index in [1.165, 1.54) is 23.9 Å². The van der Waals surface area contributed by atoms with Gasteiger partial charge in [-0.3, -0.25) is 14.9 Å². The molecule has 0 bridgehead atoms. The zero-order valence-electron chi connectivity index (χ0n) is 17.0. The normalized spacial score (nSPS) is 11.8. The molecule has 1 unspecified atom stereocenters. The highest BCUT2D eigenvalue weighted by atomic mass is 32.2. The minimum absolute atomic E-state index is 0.0704. The molecule has 0 fully saturated rings. The summed E-state index contributed by atoms with van der Waals surface area (Å²) in [7, 11) is 0. The van der Waals surface area contributed by atoms with Crippen molar-refractivity contribution in [2.45, 2.75) is 44.3 Å². The number of nitrogens with zero attached hydrogens (tertiary/aromatic N) is 4. The molecule has 1 heterocycles. The highest BCUT2D eigenvalue weighted by molar-refractivity contribution is 7.98. The van der Waals surface area contributed by atoms with Crippen LogP contribution in [0, 0.1) is 17.0 Å². The number of thioether (sulfide) groups is 1. The van der Waals surface area contributed by atoms with Crippen LogP contribution in [-0.4, -0.2) is 25.6 Å². The molecule has 1 aromatic heterocycles. The molecular weight excluding hydrogens is 402 g/mol. The largest absolute Gasteiger partial charge is 0.342 e. The standard InChI is InChI=1S/C21H23N5O3S/c1-4-25-19(15(3)22-20(27)18-8-6-5-7-14(18)2)23-24-21(25)30-13-16-9-11-17(12-10-16)26(28)29/h5-12,15H,4,13H2,1-3H3,(H,22,27). The van der Waals surface area contributed by atoms with E-state index in [-0.39, 0.29) is 17.6 Å². The average molecular weight is 426 g/mol. The van der Waals surface area contributed by atoms with Crippen LogP contribution in [-0.2, 0) is 12.3 Å². The number of nitro benzene ring substituents is 1. The third-order valence-electron chi connectivity index (χ3n) is 4.70. The zero-order chi connectivity index (χ0) is 21.7. The molecule has 1 amide bonds. The molecule has 2 aromatic carbocycles. The van der Waals surface area contributed by atoms with E-state index in [2.05, 4.69) is 15.5 Å². The number of aryl methyl sites for hydroxylation is 1. The van der Waals surface area contributed by atoms with Crippen molar-refractivity contribution in [1.82, 2.24) is 20.1 Å². The SMILES string of the molecule is CCn1c(SCc2ccc([N+](=O)[O-])cc2)nnc1C(C)NC(=O)c1ccccc1C. The van der Waals surface area contributed by atoms with Gasteiger partial charge >= 0.3 is 0 Å². The Hall–Kier alpha value is -3.20. The predicted molar refractivity (Wildman–Crippen MR) is 115 cm³/mol. The number of hydrogen-bond donors (Lipinski definition) is 1. The number of carbonyl (C=O) groups is 1. The number of amides is 1. The lowest BCUT2D eigenvalue weighted by Crippen LogP contribution is -2.29. The van der Waals surface area contributed by atoms with Gasteiger partial charge in [0.2, 0.25) is 0 Å². The molecule has 1 atom stereocenters. The Kier molecular flexibility index (Phi) is 6.83. The first-order chi connectivity index (χ1) is 14.4. The van der Waals surface area contributed by atoms with E-state index in [0.717, 1.165) is 16.3 Å². The van der Waals surface area contributed by atoms with Crippen molar-refractivity contribution in [1.29, 1.82) is 0 Å². The Morgan fingerprint density at radius 2 is 1.90 bits per heavy atom. The lowest BCUT2D eigenvalue weighted by Gasteiger charge is -2.16. The molecule has 30 heavy (non-hydrogen) atoms. The van der Waals surface area contributed by atoms with Crippen molar-refractivity contribution in [3.63, 3.8) is 0 Å². The van der Waals surface area contributed by atoms with E-state index in [1.807, 2.05) is 43.5 Å². The molecule has 3 rings (SSSR count). The Morgan fingerprint density at radius 1 is 1.20 bits per heavy atom. The highest BCUT2D eigenvalue weighted by Crippen LogP contribution is 2.25. The van der Waals surface area contributed by atoms with E-state index in [9.17, 15) is 14.9 Å². The van der Waals surface area contributed by atoms with Gasteiger partial charge in [-0.1, -0.05) is 42.1 Å². The fourth-order valence-electron chi connectivity index (χ4n) is 3.05. The summed E-state index contributed by atoms with van der Waals surface area (Å²) < 4.78 is 1.97. The van der Waals surface area contributed by atoms with Crippen LogP contribution in [0.25, 0.3) is 0 Å². The predicted octanol–water partition coefficient (Wildman–Crippen LogP) is 4.30. The quantitative estimate of drug-likeness (QED) is 0.328. The first kappa shape index (κ1) is 21.5. The third-order valence-corrected chi connectivity index (χ3v) is 5.74. The van der Waals surface area contributed by atoms with Gasteiger partial charge in [-0.25, -0.2) is 0 Å². The van der Waals surface area contributed by atoms with Gasteiger partial charge in [0, 0.05) is 30.0 Å². The molecule has 1 N–H and O–H groups in total. The van der Waals surface area contributed by atoms with Crippen molar-refractivity contribution in [3.8, 4) is 0 Å². The van der Waals surface area contributed by atoms with Gasteiger partial charge in [0.25, 0.3) is 11.6 Å². The average Bonchev–Trinajstić information content (AvgIpc) is 3.15. The van der Waals surface area contributed by atoms with Gasteiger partial charge in [0.05, 0.1) is 11.0 Å². The molecule has 0 radical (unpaired) electrons. The molecule has 8 nitrogen and oxygen atoms in total. The van der Waals surface area contributed by atoms with Crippen molar-refractivity contribution >= 4 is 23.4 Å². The minimum Gasteiger partial charge on any atom is -0.342 e. The molecule has 156 valence electrons. The fraction of sp³-hybridized carbons (Fsp3) is 0.286. The maximum absolute atomic E-state index is 12.6. The smallest absolute Gasteiger partial charge is 0.269 e. The fourth-order valence-corrected chi connectivity index (χ4v) is 4.02. The summed E-state index contributed by atoms with van der Waals surface area (Å²) in [6, 6.07) is 13.6. The van der Waals surface area contributed by atoms with E-state index in [4.69, 9.17) is 0 Å². The number of benzene rings is 2. The first-order valence-electron chi connectivity index (χ1n) is 9.56. The second-order valence-electron chi connectivity index (χ2n) is 6.81. The van der Waals surface area contributed by atoms with Gasteiger partial charge in [-0.15, -0.1) is 10.2 Å². The van der Waals surface area contributed by atoms with E-state index >= 15 is 0 Å². The molecule has 0 aliphatic rings. The van der Waals surface area contributed by atoms with Gasteiger partial charge in [0.15, 0.2) is 11.0 Å². The molecule has 0 saturated heterocycles. The second-order valence-corrected chi connectivity index (χ2v) is 7.75. The number of nitro groups is 1. The van der Waals surface area contributed by atoms with Crippen LogP contribution >= 0.6 is 11.8 Å². The van der Waals surface area contributed by atoms with Gasteiger partial charge in [-0.2, -0.15) is 0 Å². The van der Waals surface area contributed by atoms with Gasteiger partial charge in [-0.05, 0) is 38.0 Å². The Labute approximate surface area is 178 Å². The highest BCUT2D eigenvalue weighted by Gasteiger charge is 2.20. The number of non-ortho nitro benzene ring substituents is 1. The van der Waals surface area contributed by atoms with Crippen LogP contribution in [0.4, 0.5) is 5.69 Å². The van der Waals surface area contributed by atoms with Crippen LogP contribution in [0.2, 0.25) is 0 Å². The minimum atomic E-state index is -0.413. The number of carbonyl (C=O) groups excluding carboxylic acids is 1. The van der Waals surface area contributed by atoms with E-state index in [0.29, 0.717) is 23.7 Å². The summed E-state index contributed by atoms with van der Waals surface area (Å²) >= 11 is 1.50. The maximum atomic E-state index is 12.6. The van der Waals surface area contributed by atoms with Crippen molar-refractivity contribution in [2.75, 3.05) is 0 Å². The van der Waals surface area contributed by atoms with Gasteiger partial charge < -0.3 is 9.88 Å². The summed E-state index contributed by atoms with van der Waals surface area (Å²) in [5.74, 6) is 1.15. The Bertz CT molecular complexity index is 1050. The molecule has 0 aliphatic heterocycles. The van der Waals surface area contributed by atoms with Crippen LogP contribution in [0.1, 0.15) is 47.2 Å². The second kappa shape index (κ2) is 9.53. The van der Waals surface area contributed by atoms with E-state index < -0.39 is 4.92 Å². The first-order valence-corrected chi connectivity index (χ1v) is 10.5. The topological polar surface area (TPSA) is 103 Å². The third kappa shape index (κ3) is 4.85. The Balaban J connectivity index is 1.69. The number of nitrogens with one attached hydrogen (secondary N) is 1. The monoisotopic (exact) mass is 425 g/mol. The van der Waals surface area contributed by atoms with Crippen molar-refractivity contribution in [2.24, 2.45) is 0 Å². The zero-order valence-corrected chi connectivity index (χ0v) is 17.8. The molecule has 9 heteroatoms. The lowest BCUT2D eigenvalue weighted by atomic mass is 10.1. The lowest BCUT2D eigenvalue weighted by molar-refractivity contribution is -0.384. The number of rotatable bonds is 8.